The van der Waals surface area contributed by atoms with Gasteiger partial charge in [0.15, 0.2) is 0 Å². The van der Waals surface area contributed by atoms with Gasteiger partial charge in [0.25, 0.3) is 0 Å². The van der Waals surface area contributed by atoms with Crippen molar-refractivity contribution in [1.29, 1.82) is 0 Å². The molecule has 0 radical (unpaired) electrons. The van der Waals surface area contributed by atoms with Crippen LogP contribution in [-0.4, -0.2) is 52.0 Å². The summed E-state index contributed by atoms with van der Waals surface area (Å²) in [6.45, 7) is 0.974. The second-order valence-electron chi connectivity index (χ2n) is 7.84. The molecule has 1 heterocycles. The third-order valence-electron chi connectivity index (χ3n) is 5.44. The summed E-state index contributed by atoms with van der Waals surface area (Å²) in [5.74, 6) is -0.123. The molecule has 0 atom stereocenters. The van der Waals surface area contributed by atoms with Crippen LogP contribution in [0.15, 0.2) is 35.7 Å². The molecular weight excluding hydrogens is 374 g/mol. The zero-order valence-corrected chi connectivity index (χ0v) is 16.5. The van der Waals surface area contributed by atoms with E-state index in [0.29, 0.717) is 5.92 Å². The molecule has 1 aromatic carbocycles. The fourth-order valence-corrected chi connectivity index (χ4v) is 4.52. The van der Waals surface area contributed by atoms with E-state index in [0.717, 1.165) is 35.7 Å². The van der Waals surface area contributed by atoms with E-state index < -0.39 is 5.97 Å². The van der Waals surface area contributed by atoms with Crippen molar-refractivity contribution in [1.82, 2.24) is 15.2 Å². The summed E-state index contributed by atoms with van der Waals surface area (Å²) < 4.78 is 0. The number of amides is 1. The topological polar surface area (TPSA) is 82.5 Å². The molecule has 0 saturated heterocycles. The molecule has 0 spiro atoms. The van der Waals surface area contributed by atoms with Crippen LogP contribution >= 0.6 is 11.3 Å². The molecule has 28 heavy (non-hydrogen) atoms. The van der Waals surface area contributed by atoms with Crippen molar-refractivity contribution in [2.45, 2.75) is 44.2 Å². The van der Waals surface area contributed by atoms with Crippen molar-refractivity contribution < 1.29 is 14.7 Å². The van der Waals surface area contributed by atoms with Crippen LogP contribution in [0.5, 0.6) is 0 Å². The van der Waals surface area contributed by atoms with E-state index in [2.05, 4.69) is 15.2 Å². The molecule has 2 N–H and O–H groups in total. The first kappa shape index (κ1) is 19.1. The molecular formula is C21H25N3O3S. The van der Waals surface area contributed by atoms with Gasteiger partial charge in [-0.15, -0.1) is 11.3 Å². The van der Waals surface area contributed by atoms with Gasteiger partial charge in [-0.05, 0) is 31.6 Å². The number of benzene rings is 1. The Kier molecular flexibility index (Phi) is 5.73. The lowest BCUT2D eigenvalue weighted by atomic mass is 9.85. The Hall–Kier alpha value is -2.25. The lowest BCUT2D eigenvalue weighted by Crippen LogP contribution is -2.55. The minimum atomic E-state index is -0.772. The minimum absolute atomic E-state index is 0.0136. The molecule has 4 rings (SSSR count). The van der Waals surface area contributed by atoms with Gasteiger partial charge in [-0.25, -0.2) is 4.98 Å². The molecule has 1 aromatic heterocycles. The normalized spacial score (nSPS) is 21.3. The number of carbonyl (C=O) groups excluding carboxylic acids is 1. The van der Waals surface area contributed by atoms with Crippen LogP contribution in [0.3, 0.4) is 0 Å². The first-order valence-electron chi connectivity index (χ1n) is 9.82. The monoisotopic (exact) mass is 399 g/mol. The summed E-state index contributed by atoms with van der Waals surface area (Å²) in [4.78, 5) is 30.1. The van der Waals surface area contributed by atoms with E-state index in [1.807, 2.05) is 35.7 Å². The third kappa shape index (κ3) is 4.97. The Morgan fingerprint density at radius 1 is 1.21 bits per heavy atom. The molecule has 0 aliphatic heterocycles. The fourth-order valence-electron chi connectivity index (χ4n) is 3.70. The van der Waals surface area contributed by atoms with Gasteiger partial charge >= 0.3 is 5.97 Å². The second kappa shape index (κ2) is 8.41. The number of rotatable bonds is 9. The lowest BCUT2D eigenvalue weighted by Gasteiger charge is -2.42. The summed E-state index contributed by atoms with van der Waals surface area (Å²) in [6.07, 6.45) is 4.37. The van der Waals surface area contributed by atoms with Crippen molar-refractivity contribution in [2.24, 2.45) is 5.92 Å². The van der Waals surface area contributed by atoms with Crippen LogP contribution in [-0.2, 0) is 16.0 Å². The average Bonchev–Trinajstić information content (AvgIpc) is 3.33. The van der Waals surface area contributed by atoms with Crippen LogP contribution < -0.4 is 5.32 Å². The van der Waals surface area contributed by atoms with Crippen LogP contribution in [0.25, 0.3) is 10.6 Å². The van der Waals surface area contributed by atoms with Crippen molar-refractivity contribution in [2.75, 3.05) is 13.1 Å². The molecule has 6 nitrogen and oxygen atoms in total. The molecule has 2 aromatic rings. The van der Waals surface area contributed by atoms with Crippen molar-refractivity contribution in [3.05, 3.63) is 41.4 Å². The van der Waals surface area contributed by atoms with Gasteiger partial charge in [0.05, 0.1) is 18.7 Å². The smallest absolute Gasteiger partial charge is 0.317 e. The highest BCUT2D eigenvalue weighted by Crippen LogP contribution is 2.33. The Morgan fingerprint density at radius 2 is 1.96 bits per heavy atom. The zero-order chi connectivity index (χ0) is 19.5. The van der Waals surface area contributed by atoms with E-state index in [1.54, 1.807) is 11.3 Å². The highest BCUT2D eigenvalue weighted by atomic mass is 32.1. The summed E-state index contributed by atoms with van der Waals surface area (Å²) in [5, 5.41) is 15.1. The Morgan fingerprint density at radius 3 is 2.64 bits per heavy atom. The number of hydrogen-bond acceptors (Lipinski definition) is 5. The Labute approximate surface area is 168 Å². The van der Waals surface area contributed by atoms with E-state index in [-0.39, 0.29) is 31.0 Å². The van der Waals surface area contributed by atoms with Crippen LogP contribution in [0.2, 0.25) is 0 Å². The Bertz CT molecular complexity index is 828. The van der Waals surface area contributed by atoms with Gasteiger partial charge < -0.3 is 10.4 Å². The number of hydrogen-bond donors (Lipinski definition) is 2. The highest BCUT2D eigenvalue weighted by Gasteiger charge is 2.37. The lowest BCUT2D eigenvalue weighted by molar-refractivity contribution is -0.140. The second-order valence-corrected chi connectivity index (χ2v) is 8.70. The zero-order valence-electron chi connectivity index (χ0n) is 15.7. The highest BCUT2D eigenvalue weighted by molar-refractivity contribution is 7.13. The number of nitrogens with zero attached hydrogens (tertiary/aromatic N) is 2. The number of nitrogens with one attached hydrogen (secondary N) is 1. The largest absolute Gasteiger partial charge is 0.480 e. The summed E-state index contributed by atoms with van der Waals surface area (Å²) in [7, 11) is 0. The van der Waals surface area contributed by atoms with Gasteiger partial charge in [-0.3, -0.25) is 14.5 Å². The fraction of sp³-hybridized carbons (Fsp3) is 0.476. The molecule has 0 bridgehead atoms. The molecule has 2 saturated carbocycles. The van der Waals surface area contributed by atoms with Gasteiger partial charge in [-0.2, -0.15) is 0 Å². The number of carboxylic acid groups (broad SMARTS) is 1. The number of carbonyl (C=O) groups is 2. The molecule has 7 heteroatoms. The van der Waals surface area contributed by atoms with Crippen molar-refractivity contribution in [3.63, 3.8) is 0 Å². The summed E-state index contributed by atoms with van der Waals surface area (Å²) in [5.41, 5.74) is 1.86. The number of thiazole rings is 1. The van der Waals surface area contributed by atoms with Crippen LogP contribution in [0, 0.1) is 5.92 Å². The maximum atomic E-state index is 12.3. The van der Waals surface area contributed by atoms with E-state index in [4.69, 9.17) is 5.11 Å². The first-order chi connectivity index (χ1) is 13.6. The number of carboxylic acids is 1. The van der Waals surface area contributed by atoms with Gasteiger partial charge in [0, 0.05) is 29.6 Å². The predicted molar refractivity (Wildman–Crippen MR) is 108 cm³/mol. The molecule has 2 fully saturated rings. The van der Waals surface area contributed by atoms with E-state index >= 15 is 0 Å². The van der Waals surface area contributed by atoms with Crippen LogP contribution in [0.1, 0.15) is 31.4 Å². The van der Waals surface area contributed by atoms with E-state index in [9.17, 15) is 9.59 Å². The van der Waals surface area contributed by atoms with Crippen LogP contribution in [0.4, 0.5) is 0 Å². The van der Waals surface area contributed by atoms with E-state index in [1.165, 1.54) is 12.8 Å². The van der Waals surface area contributed by atoms with Gasteiger partial charge in [-0.1, -0.05) is 30.3 Å². The SMILES string of the molecule is O=C(O)CN(CC1CC1)C1CC(NC(=O)Cc2csc(-c3ccccc3)n2)C1. The van der Waals surface area contributed by atoms with Crippen molar-refractivity contribution >= 4 is 23.2 Å². The molecule has 2 aliphatic carbocycles. The summed E-state index contributed by atoms with van der Waals surface area (Å²) in [6, 6.07) is 10.4. The minimum Gasteiger partial charge on any atom is -0.480 e. The maximum Gasteiger partial charge on any atom is 0.317 e. The van der Waals surface area contributed by atoms with Gasteiger partial charge in [0.1, 0.15) is 5.01 Å². The first-order valence-corrected chi connectivity index (χ1v) is 10.7. The quantitative estimate of drug-likeness (QED) is 0.678. The van der Waals surface area contributed by atoms with Crippen molar-refractivity contribution in [3.8, 4) is 10.6 Å². The molecule has 148 valence electrons. The predicted octanol–water partition coefficient (Wildman–Crippen LogP) is 2.80. The standard InChI is InChI=1S/C21H25N3O3S/c25-19(10-17-13-28-21(23-17)15-4-2-1-3-5-15)22-16-8-18(9-16)24(12-20(26)27)11-14-6-7-14/h1-5,13-14,16,18H,6-12H2,(H,22,25)(H,26,27). The maximum absolute atomic E-state index is 12.3. The molecule has 0 unspecified atom stereocenters. The molecule has 1 amide bonds. The average molecular weight is 400 g/mol. The summed E-state index contributed by atoms with van der Waals surface area (Å²) >= 11 is 1.55. The number of aliphatic carboxylic acids is 1. The third-order valence-corrected chi connectivity index (χ3v) is 6.38. The van der Waals surface area contributed by atoms with Gasteiger partial charge in [0.2, 0.25) is 5.91 Å². The molecule has 2 aliphatic rings. The number of aromatic nitrogens is 1. The Balaban J connectivity index is 1.24.